The molecule has 0 aliphatic carbocycles. The van der Waals surface area contributed by atoms with Gasteiger partial charge in [-0.2, -0.15) is 0 Å². The van der Waals surface area contributed by atoms with Gasteiger partial charge in [-0.05, 0) is 12.0 Å². The van der Waals surface area contributed by atoms with Gasteiger partial charge in [0.15, 0.2) is 0 Å². The molecule has 0 atom stereocenters. The van der Waals surface area contributed by atoms with Crippen LogP contribution < -0.4 is 5.32 Å². The Balaban J connectivity index is 2.06. The summed E-state index contributed by atoms with van der Waals surface area (Å²) in [5, 5.41) is 12.2. The topological polar surface area (TPSA) is 78.9 Å². The van der Waals surface area contributed by atoms with Gasteiger partial charge in [-0.3, -0.25) is 14.8 Å². The number of carbonyl (C=O) groups excluding carboxylic acids is 2. The van der Waals surface area contributed by atoms with Crippen LogP contribution in [0.5, 0.6) is 0 Å². The number of hydrogen-bond acceptors (Lipinski definition) is 4. The maximum absolute atomic E-state index is 11.7. The maximum Gasteiger partial charge on any atom is 0.292 e. The lowest BCUT2D eigenvalue weighted by molar-refractivity contribution is -0.320. The van der Waals surface area contributed by atoms with Crippen molar-refractivity contribution in [3.8, 4) is 0 Å². The molecule has 0 bridgehead atoms. The first-order chi connectivity index (χ1) is 12.1. The first-order valence-electron chi connectivity index (χ1n) is 9.09. The molecule has 1 aromatic rings. The normalized spacial score (nSPS) is 10.5. The minimum absolute atomic E-state index is 0.0784. The summed E-state index contributed by atoms with van der Waals surface area (Å²) >= 11 is 0. The summed E-state index contributed by atoms with van der Waals surface area (Å²) in [6, 6.07) is 9.19. The van der Waals surface area contributed by atoms with Crippen LogP contribution in [0.3, 0.4) is 0 Å². The average molecular weight is 350 g/mol. The lowest BCUT2D eigenvalue weighted by Gasteiger charge is -2.14. The van der Waals surface area contributed by atoms with E-state index in [0.717, 1.165) is 24.8 Å². The number of nitrogens with zero attached hydrogens (tertiary/aromatic N) is 1. The molecule has 0 aliphatic rings. The molecular formula is C19H30N2O4. The van der Waals surface area contributed by atoms with E-state index in [0.29, 0.717) is 6.42 Å². The zero-order valence-electron chi connectivity index (χ0n) is 15.1. The zero-order chi connectivity index (χ0) is 18.3. The van der Waals surface area contributed by atoms with E-state index in [4.69, 9.17) is 4.84 Å². The second kappa shape index (κ2) is 13.4. The minimum Gasteiger partial charge on any atom is -0.347 e. The molecule has 6 heteroatoms. The van der Waals surface area contributed by atoms with Crippen LogP contribution >= 0.6 is 0 Å². The van der Waals surface area contributed by atoms with E-state index in [1.54, 1.807) is 0 Å². The van der Waals surface area contributed by atoms with Gasteiger partial charge in [0, 0.05) is 6.42 Å². The molecule has 0 saturated heterocycles. The monoisotopic (exact) mass is 350 g/mol. The summed E-state index contributed by atoms with van der Waals surface area (Å²) in [5.41, 5.74) is 0.831. The molecule has 2 N–H and O–H groups in total. The Hall–Kier alpha value is -1.92. The van der Waals surface area contributed by atoms with Gasteiger partial charge >= 0.3 is 0 Å². The number of carbonyl (C=O) groups is 2. The van der Waals surface area contributed by atoms with Gasteiger partial charge in [0.25, 0.3) is 5.91 Å². The molecule has 0 unspecified atom stereocenters. The quantitative estimate of drug-likeness (QED) is 0.324. The first kappa shape index (κ1) is 21.1. The third-order valence-corrected chi connectivity index (χ3v) is 3.85. The van der Waals surface area contributed by atoms with Gasteiger partial charge in [-0.1, -0.05) is 81.0 Å². The van der Waals surface area contributed by atoms with Gasteiger partial charge in [0.05, 0.1) is 0 Å². The summed E-state index contributed by atoms with van der Waals surface area (Å²) in [6.45, 7) is 1.99. The lowest BCUT2D eigenvalue weighted by atomic mass is 10.1. The Morgan fingerprint density at radius 1 is 1.04 bits per heavy atom. The van der Waals surface area contributed by atoms with Crippen molar-refractivity contribution in [2.75, 3.05) is 6.54 Å². The van der Waals surface area contributed by atoms with Crippen molar-refractivity contribution in [2.24, 2.45) is 0 Å². The molecule has 0 spiro atoms. The van der Waals surface area contributed by atoms with Crippen molar-refractivity contribution in [1.29, 1.82) is 0 Å². The number of benzene rings is 1. The number of hydrogen-bond donors (Lipinski definition) is 2. The predicted molar refractivity (Wildman–Crippen MR) is 95.5 cm³/mol. The van der Waals surface area contributed by atoms with Crippen LogP contribution in [0.15, 0.2) is 30.3 Å². The van der Waals surface area contributed by atoms with Gasteiger partial charge in [-0.15, -0.1) is 0 Å². The summed E-state index contributed by atoms with van der Waals surface area (Å²) in [7, 11) is 0. The van der Waals surface area contributed by atoms with E-state index >= 15 is 0 Å². The summed E-state index contributed by atoms with van der Waals surface area (Å²) in [6.07, 6.45) is 8.36. The molecule has 0 aliphatic heterocycles. The highest BCUT2D eigenvalue weighted by atomic mass is 16.9. The fourth-order valence-electron chi connectivity index (χ4n) is 2.35. The van der Waals surface area contributed by atoms with Crippen molar-refractivity contribution < 1.29 is 19.6 Å². The number of nitrogens with one attached hydrogen (secondary N) is 1. The summed E-state index contributed by atoms with van der Waals surface area (Å²) in [4.78, 5) is 28.3. The number of hydroxylamine groups is 2. The Labute approximate surface area is 150 Å². The Bertz CT molecular complexity index is 493. The molecule has 0 radical (unpaired) electrons. The molecular weight excluding hydrogens is 320 g/mol. The van der Waals surface area contributed by atoms with Crippen LogP contribution in [0.2, 0.25) is 0 Å². The van der Waals surface area contributed by atoms with Gasteiger partial charge < -0.3 is 5.32 Å². The molecule has 0 saturated carbocycles. The van der Waals surface area contributed by atoms with Crippen molar-refractivity contribution in [3.05, 3.63) is 35.9 Å². The summed E-state index contributed by atoms with van der Waals surface area (Å²) in [5.74, 6) is -0.887. The van der Waals surface area contributed by atoms with E-state index in [2.05, 4.69) is 12.2 Å². The fraction of sp³-hybridized carbons (Fsp3) is 0.579. The molecule has 25 heavy (non-hydrogen) atoms. The van der Waals surface area contributed by atoms with Gasteiger partial charge in [0.1, 0.15) is 13.2 Å². The number of unbranched alkanes of at least 4 members (excludes halogenated alkanes) is 6. The maximum atomic E-state index is 11.7. The summed E-state index contributed by atoms with van der Waals surface area (Å²) < 4.78 is 0. The molecule has 1 aromatic carbocycles. The van der Waals surface area contributed by atoms with E-state index in [-0.39, 0.29) is 24.3 Å². The molecule has 140 valence electrons. The van der Waals surface area contributed by atoms with Crippen molar-refractivity contribution in [2.45, 2.75) is 64.9 Å². The smallest absolute Gasteiger partial charge is 0.292 e. The van der Waals surface area contributed by atoms with Crippen LogP contribution in [0, 0.1) is 0 Å². The standard InChI is InChI=1S/C19H30N2O4/c1-2-3-4-5-6-7-11-14-18(22)20-15-19(23)21(24)25-16-17-12-9-8-10-13-17/h8-10,12-13,24H,2-7,11,14-16H2,1H3,(H,20,22). The fourth-order valence-corrected chi connectivity index (χ4v) is 2.35. The van der Waals surface area contributed by atoms with Crippen LogP contribution in [0.25, 0.3) is 0 Å². The zero-order valence-corrected chi connectivity index (χ0v) is 15.1. The average Bonchev–Trinajstić information content (AvgIpc) is 2.64. The van der Waals surface area contributed by atoms with Crippen LogP contribution in [-0.2, 0) is 21.0 Å². The molecule has 0 fully saturated rings. The molecule has 6 nitrogen and oxygen atoms in total. The number of amides is 2. The third kappa shape index (κ3) is 10.5. The van der Waals surface area contributed by atoms with Crippen LogP contribution in [0.4, 0.5) is 0 Å². The van der Waals surface area contributed by atoms with Gasteiger partial charge in [-0.25, -0.2) is 4.84 Å². The van der Waals surface area contributed by atoms with E-state index < -0.39 is 5.91 Å². The highest BCUT2D eigenvalue weighted by Crippen LogP contribution is 2.08. The SMILES string of the molecule is CCCCCCCCCC(=O)NCC(=O)N(O)OCc1ccccc1. The van der Waals surface area contributed by atoms with Crippen LogP contribution in [0.1, 0.15) is 63.9 Å². The molecule has 1 rings (SSSR count). The molecule has 0 heterocycles. The number of rotatable bonds is 13. The molecule has 2 amide bonds. The Morgan fingerprint density at radius 3 is 2.36 bits per heavy atom. The van der Waals surface area contributed by atoms with Crippen molar-refractivity contribution in [3.63, 3.8) is 0 Å². The second-order valence-electron chi connectivity index (χ2n) is 6.07. The van der Waals surface area contributed by atoms with Crippen molar-refractivity contribution >= 4 is 11.8 Å². The van der Waals surface area contributed by atoms with Crippen molar-refractivity contribution in [1.82, 2.24) is 10.5 Å². The Kier molecular flexibility index (Phi) is 11.3. The van der Waals surface area contributed by atoms with Crippen LogP contribution in [-0.4, -0.2) is 28.8 Å². The van der Waals surface area contributed by atoms with E-state index in [1.165, 1.54) is 25.7 Å². The first-order valence-corrected chi connectivity index (χ1v) is 9.09. The Morgan fingerprint density at radius 2 is 1.68 bits per heavy atom. The predicted octanol–water partition coefficient (Wildman–Crippen LogP) is 3.59. The second-order valence-corrected chi connectivity index (χ2v) is 6.07. The highest BCUT2D eigenvalue weighted by Gasteiger charge is 2.13. The largest absolute Gasteiger partial charge is 0.347 e. The lowest BCUT2D eigenvalue weighted by Crippen LogP contribution is -2.38. The van der Waals surface area contributed by atoms with Gasteiger partial charge in [0.2, 0.25) is 5.91 Å². The molecule has 0 aromatic heterocycles. The minimum atomic E-state index is -0.705. The third-order valence-electron chi connectivity index (χ3n) is 3.85. The highest BCUT2D eigenvalue weighted by molar-refractivity contribution is 5.83. The van der Waals surface area contributed by atoms with E-state index in [9.17, 15) is 14.8 Å². The van der Waals surface area contributed by atoms with E-state index in [1.807, 2.05) is 30.3 Å².